The number of methoxy groups -OCH3 is 1. The number of rotatable bonds is 9. The van der Waals surface area contributed by atoms with Gasteiger partial charge < -0.3 is 19.7 Å². The lowest BCUT2D eigenvalue weighted by Gasteiger charge is -2.34. The zero-order valence-electron chi connectivity index (χ0n) is 22.1. The molecule has 41 heavy (non-hydrogen) atoms. The van der Waals surface area contributed by atoms with Gasteiger partial charge in [0.15, 0.2) is 11.5 Å². The molecule has 1 saturated heterocycles. The summed E-state index contributed by atoms with van der Waals surface area (Å²) in [7, 11) is -2.09. The maximum Gasteiger partial charge on any atom is 0.414 e. The van der Waals surface area contributed by atoms with E-state index in [0.29, 0.717) is 50.8 Å². The highest BCUT2D eigenvalue weighted by atomic mass is 32.2. The number of carbonyl (C=O) groups is 2. The van der Waals surface area contributed by atoms with Crippen molar-refractivity contribution in [3.05, 3.63) is 94.0 Å². The van der Waals surface area contributed by atoms with E-state index in [1.165, 1.54) is 28.6 Å². The topological polar surface area (TPSA) is 177 Å². The molecule has 0 aromatic heterocycles. The number of carboxylic acids is 2. The number of ether oxygens (including phenoxy) is 2. The third kappa shape index (κ3) is 8.73. The predicted octanol–water partition coefficient (Wildman–Crippen LogP) is 2.84. The highest BCUT2D eigenvalue weighted by Crippen LogP contribution is 2.30. The van der Waals surface area contributed by atoms with Gasteiger partial charge in [0, 0.05) is 44.9 Å². The SMILES string of the molecule is COc1cc(CN2CCN(S(=O)(=O)c3ccc([N+](=O)[O-])cc3)CC2)ccc1OCc1ccccc1.O=C(O)C(=O)O. The van der Waals surface area contributed by atoms with Crippen LogP contribution in [0.15, 0.2) is 77.7 Å². The Morgan fingerprint density at radius 1 is 0.878 bits per heavy atom. The maximum atomic E-state index is 12.9. The fourth-order valence-electron chi connectivity index (χ4n) is 3.94. The molecule has 0 bridgehead atoms. The van der Waals surface area contributed by atoms with E-state index in [2.05, 4.69) is 4.90 Å². The number of carboxylic acid groups (broad SMARTS) is 2. The van der Waals surface area contributed by atoms with Crippen molar-refractivity contribution >= 4 is 27.6 Å². The molecule has 1 aliphatic heterocycles. The monoisotopic (exact) mass is 587 g/mol. The molecule has 14 heteroatoms. The molecule has 0 saturated carbocycles. The van der Waals surface area contributed by atoms with Crippen LogP contribution in [0.25, 0.3) is 0 Å². The maximum absolute atomic E-state index is 12.9. The Morgan fingerprint density at radius 2 is 1.49 bits per heavy atom. The smallest absolute Gasteiger partial charge is 0.414 e. The Morgan fingerprint density at radius 3 is 2.02 bits per heavy atom. The Kier molecular flexibility index (Phi) is 10.7. The van der Waals surface area contributed by atoms with E-state index in [1.54, 1.807) is 7.11 Å². The van der Waals surface area contributed by atoms with Crippen molar-refractivity contribution in [2.24, 2.45) is 0 Å². The quantitative estimate of drug-likeness (QED) is 0.214. The molecule has 3 aromatic rings. The number of hydrogen-bond acceptors (Lipinski definition) is 9. The molecule has 1 heterocycles. The summed E-state index contributed by atoms with van der Waals surface area (Å²) < 4.78 is 38.7. The van der Waals surface area contributed by atoms with E-state index in [9.17, 15) is 18.5 Å². The molecular formula is C27H29N3O10S. The number of benzene rings is 3. The van der Waals surface area contributed by atoms with Gasteiger partial charge in [0.1, 0.15) is 6.61 Å². The number of nitro groups is 1. The van der Waals surface area contributed by atoms with Crippen LogP contribution in [-0.4, -0.2) is 78.0 Å². The van der Waals surface area contributed by atoms with Gasteiger partial charge in [0.05, 0.1) is 16.9 Å². The Hall–Kier alpha value is -4.53. The van der Waals surface area contributed by atoms with E-state index in [-0.39, 0.29) is 10.6 Å². The van der Waals surface area contributed by atoms with Crippen molar-refractivity contribution in [2.75, 3.05) is 33.3 Å². The summed E-state index contributed by atoms with van der Waals surface area (Å²) in [5, 5.41) is 25.6. The second-order valence-corrected chi connectivity index (χ2v) is 10.7. The lowest BCUT2D eigenvalue weighted by atomic mass is 10.1. The van der Waals surface area contributed by atoms with Gasteiger partial charge in [-0.25, -0.2) is 18.0 Å². The van der Waals surface area contributed by atoms with Crippen LogP contribution >= 0.6 is 0 Å². The zero-order valence-corrected chi connectivity index (χ0v) is 22.9. The second kappa shape index (κ2) is 14.2. The van der Waals surface area contributed by atoms with Crippen LogP contribution in [0.2, 0.25) is 0 Å². The molecule has 4 rings (SSSR count). The molecule has 218 valence electrons. The summed E-state index contributed by atoms with van der Waals surface area (Å²) in [6.45, 7) is 2.92. The van der Waals surface area contributed by atoms with Gasteiger partial charge in [-0.3, -0.25) is 15.0 Å². The third-order valence-electron chi connectivity index (χ3n) is 6.07. The first kappa shape index (κ1) is 31.0. The van der Waals surface area contributed by atoms with E-state index in [1.807, 2.05) is 48.5 Å². The van der Waals surface area contributed by atoms with Crippen LogP contribution in [0.3, 0.4) is 0 Å². The van der Waals surface area contributed by atoms with Crippen LogP contribution in [0.5, 0.6) is 11.5 Å². The molecule has 0 atom stereocenters. The lowest BCUT2D eigenvalue weighted by molar-refractivity contribution is -0.384. The number of hydrogen-bond donors (Lipinski definition) is 2. The van der Waals surface area contributed by atoms with Gasteiger partial charge in [-0.05, 0) is 35.4 Å². The van der Waals surface area contributed by atoms with Crippen LogP contribution in [0, 0.1) is 10.1 Å². The van der Waals surface area contributed by atoms with E-state index in [4.69, 9.17) is 29.3 Å². The third-order valence-corrected chi connectivity index (χ3v) is 7.98. The summed E-state index contributed by atoms with van der Waals surface area (Å²) in [6, 6.07) is 20.7. The predicted molar refractivity (Wildman–Crippen MR) is 146 cm³/mol. The minimum Gasteiger partial charge on any atom is -0.493 e. The minimum atomic E-state index is -3.70. The molecule has 3 aromatic carbocycles. The van der Waals surface area contributed by atoms with Crippen molar-refractivity contribution in [3.63, 3.8) is 0 Å². The van der Waals surface area contributed by atoms with E-state index in [0.717, 1.165) is 11.1 Å². The minimum absolute atomic E-state index is 0.0624. The van der Waals surface area contributed by atoms with Gasteiger partial charge >= 0.3 is 11.9 Å². The van der Waals surface area contributed by atoms with Crippen molar-refractivity contribution in [1.82, 2.24) is 9.21 Å². The van der Waals surface area contributed by atoms with Crippen molar-refractivity contribution in [1.29, 1.82) is 0 Å². The summed E-state index contributed by atoms with van der Waals surface area (Å²) in [5.74, 6) is -2.33. The highest BCUT2D eigenvalue weighted by molar-refractivity contribution is 7.89. The lowest BCUT2D eigenvalue weighted by Crippen LogP contribution is -2.48. The standard InChI is InChI=1S/C25H27N3O6S.C2H2O4/c1-33-25-17-21(7-12-24(25)34-19-20-5-3-2-4-6-20)18-26-13-15-27(16-14-26)35(31,32)23-10-8-22(9-11-23)28(29)30;3-1(4)2(5)6/h2-12,17H,13-16,18-19H2,1H3;(H,3,4)(H,5,6). The first-order valence-electron chi connectivity index (χ1n) is 12.3. The fourth-order valence-corrected chi connectivity index (χ4v) is 5.36. The van der Waals surface area contributed by atoms with Crippen LogP contribution in [0.1, 0.15) is 11.1 Å². The van der Waals surface area contributed by atoms with Crippen molar-refractivity contribution in [2.45, 2.75) is 18.0 Å². The Bertz CT molecular complexity index is 1440. The van der Waals surface area contributed by atoms with E-state index >= 15 is 0 Å². The van der Waals surface area contributed by atoms with Crippen molar-refractivity contribution < 1.29 is 42.6 Å². The molecule has 2 N–H and O–H groups in total. The molecule has 0 aliphatic carbocycles. The van der Waals surface area contributed by atoms with Crippen LogP contribution < -0.4 is 9.47 Å². The summed E-state index contributed by atoms with van der Waals surface area (Å²) >= 11 is 0. The summed E-state index contributed by atoms with van der Waals surface area (Å²) in [6.07, 6.45) is 0. The average Bonchev–Trinajstić information content (AvgIpc) is 2.97. The normalized spacial score (nSPS) is 13.9. The molecule has 1 fully saturated rings. The van der Waals surface area contributed by atoms with Gasteiger partial charge in [-0.1, -0.05) is 36.4 Å². The number of sulfonamides is 1. The molecule has 0 spiro atoms. The molecule has 13 nitrogen and oxygen atoms in total. The zero-order chi connectivity index (χ0) is 30.0. The van der Waals surface area contributed by atoms with Gasteiger partial charge in [0.25, 0.3) is 5.69 Å². The average molecular weight is 588 g/mol. The largest absolute Gasteiger partial charge is 0.493 e. The first-order chi connectivity index (χ1) is 19.5. The van der Waals surface area contributed by atoms with Crippen LogP contribution in [-0.2, 0) is 32.8 Å². The Labute approximate surface area is 236 Å². The van der Waals surface area contributed by atoms with Gasteiger partial charge in [-0.2, -0.15) is 4.31 Å². The number of non-ortho nitro benzene ring substituents is 1. The molecule has 0 radical (unpaired) electrons. The Balaban J connectivity index is 0.000000696. The highest BCUT2D eigenvalue weighted by Gasteiger charge is 2.29. The number of piperazine rings is 1. The molecule has 0 unspecified atom stereocenters. The molecule has 0 amide bonds. The van der Waals surface area contributed by atoms with Gasteiger partial charge in [0.2, 0.25) is 10.0 Å². The molecule has 1 aliphatic rings. The van der Waals surface area contributed by atoms with Gasteiger partial charge in [-0.15, -0.1) is 0 Å². The summed E-state index contributed by atoms with van der Waals surface area (Å²) in [4.78, 5) is 30.7. The summed E-state index contributed by atoms with van der Waals surface area (Å²) in [5.41, 5.74) is 1.97. The molecular weight excluding hydrogens is 558 g/mol. The van der Waals surface area contributed by atoms with Crippen LogP contribution in [0.4, 0.5) is 5.69 Å². The number of nitro benzene ring substituents is 1. The van der Waals surface area contributed by atoms with E-state index < -0.39 is 26.9 Å². The van der Waals surface area contributed by atoms with Crippen molar-refractivity contribution in [3.8, 4) is 11.5 Å². The number of nitrogens with zero attached hydrogens (tertiary/aromatic N) is 3. The fraction of sp³-hybridized carbons (Fsp3) is 0.259. The number of aliphatic carboxylic acids is 2. The first-order valence-corrected chi connectivity index (χ1v) is 13.7. The second-order valence-electron chi connectivity index (χ2n) is 8.80.